The molecule has 7 nitrogen and oxygen atoms in total. The van der Waals surface area contributed by atoms with Crippen molar-refractivity contribution < 1.29 is 14.3 Å². The Morgan fingerprint density at radius 2 is 2.00 bits per heavy atom. The maximum Gasteiger partial charge on any atom is 0.250 e. The van der Waals surface area contributed by atoms with Crippen LogP contribution in [0.2, 0.25) is 0 Å². The molecule has 1 amide bonds. The minimum absolute atomic E-state index is 0.00771. The first-order valence-electron chi connectivity index (χ1n) is 8.91. The topological polar surface area (TPSA) is 108 Å². The second-order valence-corrected chi connectivity index (χ2v) is 7.38. The lowest BCUT2D eigenvalue weighted by molar-refractivity contribution is 0.0458. The summed E-state index contributed by atoms with van der Waals surface area (Å²) in [5.41, 5.74) is 8.37. The van der Waals surface area contributed by atoms with E-state index < -0.39 is 5.91 Å². The molecule has 1 aliphatic heterocycles. The smallest absolute Gasteiger partial charge is 0.250 e. The fourth-order valence-electron chi connectivity index (χ4n) is 3.31. The van der Waals surface area contributed by atoms with Gasteiger partial charge in [0.2, 0.25) is 0 Å². The number of nitrogens with two attached hydrogens (primary N) is 1. The van der Waals surface area contributed by atoms with Gasteiger partial charge in [0.05, 0.1) is 12.2 Å². The minimum atomic E-state index is -0.576. The van der Waals surface area contributed by atoms with Crippen molar-refractivity contribution in [3.8, 4) is 21.7 Å². The Balaban J connectivity index is 1.76. The van der Waals surface area contributed by atoms with E-state index in [9.17, 15) is 9.59 Å². The highest BCUT2D eigenvalue weighted by Crippen LogP contribution is 2.36. The number of carbonyl (C=O) groups excluding carboxylic acids is 2. The molecule has 0 radical (unpaired) electrons. The molecule has 0 aromatic carbocycles. The van der Waals surface area contributed by atoms with E-state index >= 15 is 0 Å². The van der Waals surface area contributed by atoms with E-state index in [1.54, 1.807) is 36.1 Å². The Hall–Kier alpha value is -2.97. The summed E-state index contributed by atoms with van der Waals surface area (Å²) in [5, 5.41) is 2.36. The standard InChI is InChI=1S/C20H18N4O3S/c21-19(26)14-8-23-9-15(17(14)12-3-5-22-6-4-12)20-24-16(11-28-20)18(25)13-2-1-7-27-10-13/h3-6,8-9,11,13H,1-2,7,10H2,(H2,21,26)/t13-/m0/s1. The lowest BCUT2D eigenvalue weighted by Crippen LogP contribution is -2.25. The van der Waals surface area contributed by atoms with Gasteiger partial charge in [0.1, 0.15) is 10.7 Å². The number of primary amides is 1. The van der Waals surface area contributed by atoms with Gasteiger partial charge in [0.25, 0.3) is 5.91 Å². The normalized spacial score (nSPS) is 16.6. The van der Waals surface area contributed by atoms with Crippen molar-refractivity contribution >= 4 is 23.0 Å². The predicted octanol–water partition coefficient (Wildman–Crippen LogP) is 2.98. The molecular formula is C20H18N4O3S. The van der Waals surface area contributed by atoms with Crippen LogP contribution in [0.4, 0.5) is 0 Å². The van der Waals surface area contributed by atoms with Gasteiger partial charge in [0, 0.05) is 53.8 Å². The lowest BCUT2D eigenvalue weighted by Gasteiger charge is -2.19. The highest BCUT2D eigenvalue weighted by Gasteiger charge is 2.26. The number of carbonyl (C=O) groups is 2. The first kappa shape index (κ1) is 18.4. The molecule has 2 N–H and O–H groups in total. The molecule has 1 fully saturated rings. The van der Waals surface area contributed by atoms with Gasteiger partial charge in [-0.1, -0.05) is 0 Å². The average Bonchev–Trinajstić information content (AvgIpc) is 3.24. The molecule has 142 valence electrons. The van der Waals surface area contributed by atoms with Gasteiger partial charge in [-0.15, -0.1) is 11.3 Å². The first-order valence-corrected chi connectivity index (χ1v) is 9.79. The van der Waals surface area contributed by atoms with Crippen molar-refractivity contribution in [2.24, 2.45) is 11.7 Å². The molecule has 0 unspecified atom stereocenters. The van der Waals surface area contributed by atoms with Crippen molar-refractivity contribution in [1.82, 2.24) is 15.0 Å². The maximum atomic E-state index is 12.7. The second kappa shape index (κ2) is 7.95. The Bertz CT molecular complexity index is 1010. The molecule has 0 saturated carbocycles. The van der Waals surface area contributed by atoms with E-state index in [0.717, 1.165) is 18.4 Å². The van der Waals surface area contributed by atoms with E-state index in [1.807, 2.05) is 0 Å². The molecule has 0 spiro atoms. The van der Waals surface area contributed by atoms with Gasteiger partial charge in [0.15, 0.2) is 5.78 Å². The summed E-state index contributed by atoms with van der Waals surface area (Å²) < 4.78 is 5.42. The largest absolute Gasteiger partial charge is 0.381 e. The summed E-state index contributed by atoms with van der Waals surface area (Å²) >= 11 is 1.34. The Kier molecular flexibility index (Phi) is 5.23. The first-order chi connectivity index (χ1) is 13.6. The van der Waals surface area contributed by atoms with Gasteiger partial charge in [-0.3, -0.25) is 19.6 Å². The van der Waals surface area contributed by atoms with Crippen LogP contribution in [-0.2, 0) is 4.74 Å². The molecule has 0 bridgehead atoms. The van der Waals surface area contributed by atoms with Gasteiger partial charge in [-0.25, -0.2) is 4.98 Å². The third-order valence-electron chi connectivity index (χ3n) is 4.70. The average molecular weight is 394 g/mol. The predicted molar refractivity (Wildman–Crippen MR) is 105 cm³/mol. The summed E-state index contributed by atoms with van der Waals surface area (Å²) in [6.45, 7) is 1.14. The van der Waals surface area contributed by atoms with E-state index in [4.69, 9.17) is 10.5 Å². The van der Waals surface area contributed by atoms with Gasteiger partial charge in [-0.05, 0) is 30.5 Å². The van der Waals surface area contributed by atoms with Crippen LogP contribution >= 0.6 is 11.3 Å². The zero-order chi connectivity index (χ0) is 19.5. The molecule has 3 aromatic rings. The summed E-state index contributed by atoms with van der Waals surface area (Å²) in [5.74, 6) is -0.738. The summed E-state index contributed by atoms with van der Waals surface area (Å²) in [4.78, 5) is 37.5. The number of hydrogen-bond acceptors (Lipinski definition) is 7. The van der Waals surface area contributed by atoms with Crippen LogP contribution in [0.15, 0.2) is 42.3 Å². The molecule has 4 heterocycles. The number of nitrogens with zero attached hydrogens (tertiary/aromatic N) is 3. The van der Waals surface area contributed by atoms with Crippen LogP contribution in [0, 0.1) is 5.92 Å². The molecule has 1 aliphatic rings. The molecular weight excluding hydrogens is 376 g/mol. The molecule has 28 heavy (non-hydrogen) atoms. The number of ether oxygens (including phenoxy) is 1. The number of ketones is 1. The van der Waals surface area contributed by atoms with Crippen molar-refractivity contribution in [2.75, 3.05) is 13.2 Å². The summed E-state index contributed by atoms with van der Waals surface area (Å²) in [6, 6.07) is 3.59. The second-order valence-electron chi connectivity index (χ2n) is 6.53. The Morgan fingerprint density at radius 1 is 1.18 bits per heavy atom. The monoisotopic (exact) mass is 394 g/mol. The fraction of sp³-hybridized carbons (Fsp3) is 0.250. The Labute approximate surface area is 165 Å². The summed E-state index contributed by atoms with van der Waals surface area (Å²) in [6.07, 6.45) is 8.06. The maximum absolute atomic E-state index is 12.7. The Morgan fingerprint density at radius 3 is 2.71 bits per heavy atom. The van der Waals surface area contributed by atoms with Crippen LogP contribution in [0.3, 0.4) is 0 Å². The third kappa shape index (κ3) is 3.56. The zero-order valence-electron chi connectivity index (χ0n) is 15.0. The molecule has 1 saturated heterocycles. The van der Waals surface area contributed by atoms with Crippen molar-refractivity contribution in [3.05, 3.63) is 53.6 Å². The van der Waals surface area contributed by atoms with Crippen molar-refractivity contribution in [1.29, 1.82) is 0 Å². The minimum Gasteiger partial charge on any atom is -0.381 e. The number of Topliss-reactive ketones (excluding diaryl/α,β-unsaturated/α-hetero) is 1. The van der Waals surface area contributed by atoms with Crippen LogP contribution < -0.4 is 5.73 Å². The number of rotatable bonds is 5. The van der Waals surface area contributed by atoms with Crippen LogP contribution in [0.1, 0.15) is 33.7 Å². The molecule has 1 atom stereocenters. The van der Waals surface area contributed by atoms with Crippen LogP contribution in [-0.4, -0.2) is 39.9 Å². The van der Waals surface area contributed by atoms with E-state index in [2.05, 4.69) is 15.0 Å². The number of hydrogen-bond donors (Lipinski definition) is 1. The third-order valence-corrected chi connectivity index (χ3v) is 5.57. The van der Waals surface area contributed by atoms with Crippen LogP contribution in [0.25, 0.3) is 21.7 Å². The number of thiazole rings is 1. The fourth-order valence-corrected chi connectivity index (χ4v) is 4.13. The van der Waals surface area contributed by atoms with Gasteiger partial charge >= 0.3 is 0 Å². The number of aromatic nitrogens is 3. The van der Waals surface area contributed by atoms with Gasteiger partial charge in [-0.2, -0.15) is 0 Å². The van der Waals surface area contributed by atoms with Gasteiger partial charge < -0.3 is 10.5 Å². The van der Waals surface area contributed by atoms with Crippen molar-refractivity contribution in [2.45, 2.75) is 12.8 Å². The quantitative estimate of drug-likeness (QED) is 0.667. The van der Waals surface area contributed by atoms with E-state index in [1.165, 1.54) is 17.5 Å². The molecule has 4 rings (SSSR count). The molecule has 0 aliphatic carbocycles. The zero-order valence-corrected chi connectivity index (χ0v) is 15.8. The highest BCUT2D eigenvalue weighted by atomic mass is 32.1. The van der Waals surface area contributed by atoms with E-state index in [0.29, 0.717) is 40.6 Å². The molecule has 3 aromatic heterocycles. The number of amides is 1. The SMILES string of the molecule is NC(=O)c1cncc(-c2nc(C(=O)[C@H]3CCCOC3)cs2)c1-c1ccncc1. The molecule has 8 heteroatoms. The highest BCUT2D eigenvalue weighted by molar-refractivity contribution is 7.13. The van der Waals surface area contributed by atoms with Crippen LogP contribution in [0.5, 0.6) is 0 Å². The summed E-state index contributed by atoms with van der Waals surface area (Å²) in [7, 11) is 0. The van der Waals surface area contributed by atoms with E-state index in [-0.39, 0.29) is 11.7 Å². The number of pyridine rings is 2. The lowest BCUT2D eigenvalue weighted by atomic mass is 9.95. The van der Waals surface area contributed by atoms with Crippen molar-refractivity contribution in [3.63, 3.8) is 0 Å².